The van der Waals surface area contributed by atoms with Gasteiger partial charge in [-0.2, -0.15) is 0 Å². The number of rotatable bonds is 5. The second kappa shape index (κ2) is 7.42. The molecule has 0 unspecified atom stereocenters. The van der Waals surface area contributed by atoms with E-state index in [0.29, 0.717) is 11.3 Å². The summed E-state index contributed by atoms with van der Waals surface area (Å²) >= 11 is 3.48. The zero-order valence-electron chi connectivity index (χ0n) is 14.6. The molecule has 5 heteroatoms. The van der Waals surface area contributed by atoms with Gasteiger partial charge in [-0.05, 0) is 60.2 Å². The maximum atomic E-state index is 13.2. The Labute approximate surface area is 156 Å². The minimum atomic E-state index is -0.0712. The van der Waals surface area contributed by atoms with E-state index in [1.807, 2.05) is 62.8 Å². The number of likely N-dealkylation sites (N-methyl/N-ethyl adjacent to an activating group) is 1. The van der Waals surface area contributed by atoms with E-state index in [-0.39, 0.29) is 5.91 Å². The van der Waals surface area contributed by atoms with Crippen LogP contribution in [0.15, 0.2) is 53.1 Å². The van der Waals surface area contributed by atoms with Gasteiger partial charge in [-0.1, -0.05) is 24.3 Å². The van der Waals surface area contributed by atoms with Crippen molar-refractivity contribution in [1.82, 2.24) is 9.47 Å². The molecule has 0 aliphatic carbocycles. The molecule has 0 saturated heterocycles. The smallest absolute Gasteiger partial charge is 0.263 e. The highest BCUT2D eigenvalue weighted by molar-refractivity contribution is 9.10. The van der Waals surface area contributed by atoms with Gasteiger partial charge in [0.05, 0.1) is 18.2 Å². The molecule has 0 aliphatic rings. The van der Waals surface area contributed by atoms with Crippen LogP contribution in [0, 0.1) is 0 Å². The molecular weight excluding hydrogens is 380 g/mol. The minimum absolute atomic E-state index is 0.0712. The summed E-state index contributed by atoms with van der Waals surface area (Å²) in [5.41, 5.74) is 2.59. The number of fused-ring (bicyclic) bond motifs is 1. The van der Waals surface area contributed by atoms with E-state index in [1.165, 1.54) is 0 Å². The van der Waals surface area contributed by atoms with Crippen molar-refractivity contribution >= 4 is 32.7 Å². The molecule has 0 N–H and O–H groups in total. The van der Waals surface area contributed by atoms with Crippen LogP contribution < -0.4 is 4.74 Å². The van der Waals surface area contributed by atoms with Crippen molar-refractivity contribution in [3.63, 3.8) is 0 Å². The van der Waals surface area contributed by atoms with Crippen molar-refractivity contribution in [2.45, 2.75) is 6.42 Å². The lowest BCUT2D eigenvalue weighted by Crippen LogP contribution is -2.15. The summed E-state index contributed by atoms with van der Waals surface area (Å²) in [6.07, 6.45) is 2.81. The number of carbonyl (C=O) groups is 1. The van der Waals surface area contributed by atoms with Crippen molar-refractivity contribution in [3.8, 4) is 5.75 Å². The highest BCUT2D eigenvalue weighted by Gasteiger charge is 2.19. The van der Waals surface area contributed by atoms with Gasteiger partial charge in [0.15, 0.2) is 0 Å². The lowest BCUT2D eigenvalue weighted by atomic mass is 10.1. The zero-order valence-corrected chi connectivity index (χ0v) is 16.2. The average Bonchev–Trinajstić information content (AvgIpc) is 2.98. The first-order valence-electron chi connectivity index (χ1n) is 8.14. The predicted molar refractivity (Wildman–Crippen MR) is 105 cm³/mol. The third kappa shape index (κ3) is 3.48. The van der Waals surface area contributed by atoms with E-state index in [2.05, 4.69) is 20.8 Å². The average molecular weight is 401 g/mol. The summed E-state index contributed by atoms with van der Waals surface area (Å²) in [5, 5.41) is 1.06. The van der Waals surface area contributed by atoms with Crippen LogP contribution in [0.3, 0.4) is 0 Å². The van der Waals surface area contributed by atoms with Crippen LogP contribution in [-0.2, 0) is 6.42 Å². The molecule has 0 spiro atoms. The number of carbonyl (C=O) groups excluding carboxylic acids is 1. The molecule has 0 fully saturated rings. The number of halogens is 1. The monoisotopic (exact) mass is 400 g/mol. The Hall–Kier alpha value is -2.11. The summed E-state index contributed by atoms with van der Waals surface area (Å²) in [6.45, 7) is 0.916. The molecule has 0 amide bonds. The van der Waals surface area contributed by atoms with Gasteiger partial charge in [0.1, 0.15) is 5.75 Å². The Morgan fingerprint density at radius 3 is 2.60 bits per heavy atom. The van der Waals surface area contributed by atoms with Crippen LogP contribution in [0.5, 0.6) is 5.75 Å². The Kier molecular flexibility index (Phi) is 5.25. The van der Waals surface area contributed by atoms with Gasteiger partial charge in [-0.25, -0.2) is 0 Å². The summed E-state index contributed by atoms with van der Waals surface area (Å²) in [7, 11) is 5.73. The summed E-state index contributed by atoms with van der Waals surface area (Å²) in [4.78, 5) is 15.3. The quantitative estimate of drug-likeness (QED) is 0.643. The second-order valence-electron chi connectivity index (χ2n) is 6.22. The molecule has 1 aromatic heterocycles. The van der Waals surface area contributed by atoms with Gasteiger partial charge in [0.25, 0.3) is 5.91 Å². The van der Waals surface area contributed by atoms with Gasteiger partial charge in [0.2, 0.25) is 0 Å². The topological polar surface area (TPSA) is 34.5 Å². The first-order valence-corrected chi connectivity index (χ1v) is 8.93. The number of methoxy groups -OCH3 is 1. The van der Waals surface area contributed by atoms with E-state index in [0.717, 1.165) is 33.9 Å². The number of para-hydroxylation sites is 1. The first kappa shape index (κ1) is 17.7. The lowest BCUT2D eigenvalue weighted by molar-refractivity contribution is 0.0963. The maximum absolute atomic E-state index is 13.2. The van der Waals surface area contributed by atoms with Crippen LogP contribution in [0.25, 0.3) is 10.9 Å². The Bertz CT molecular complexity index is 915. The number of hydrogen-bond donors (Lipinski definition) is 0. The fraction of sp³-hybridized carbons (Fsp3) is 0.250. The molecule has 130 valence electrons. The van der Waals surface area contributed by atoms with Crippen LogP contribution in [0.2, 0.25) is 0 Å². The Morgan fingerprint density at radius 2 is 1.92 bits per heavy atom. The van der Waals surface area contributed by atoms with E-state index in [1.54, 1.807) is 11.7 Å². The number of benzene rings is 2. The van der Waals surface area contributed by atoms with Crippen molar-refractivity contribution in [2.75, 3.05) is 27.7 Å². The largest absolute Gasteiger partial charge is 0.495 e. The molecule has 4 nitrogen and oxygen atoms in total. The SMILES string of the molecule is COc1cccc2c(CCN(C)C)cn(C(=O)c3ccccc3Br)c12. The highest BCUT2D eigenvalue weighted by Crippen LogP contribution is 2.31. The molecular formula is C20H21BrN2O2. The summed E-state index contributed by atoms with van der Waals surface area (Å²) in [6, 6.07) is 13.4. The second-order valence-corrected chi connectivity index (χ2v) is 7.07. The van der Waals surface area contributed by atoms with Gasteiger partial charge in [0, 0.05) is 22.6 Å². The van der Waals surface area contributed by atoms with E-state index in [9.17, 15) is 4.79 Å². The lowest BCUT2D eigenvalue weighted by Gasteiger charge is -2.09. The van der Waals surface area contributed by atoms with E-state index >= 15 is 0 Å². The van der Waals surface area contributed by atoms with Crippen LogP contribution in [0.4, 0.5) is 0 Å². The van der Waals surface area contributed by atoms with E-state index < -0.39 is 0 Å². The fourth-order valence-corrected chi connectivity index (χ4v) is 3.41. The Balaban J connectivity index is 2.17. The van der Waals surface area contributed by atoms with Crippen molar-refractivity contribution in [3.05, 3.63) is 64.3 Å². The fourth-order valence-electron chi connectivity index (χ4n) is 2.95. The van der Waals surface area contributed by atoms with Crippen molar-refractivity contribution < 1.29 is 9.53 Å². The maximum Gasteiger partial charge on any atom is 0.263 e. The van der Waals surface area contributed by atoms with Gasteiger partial charge in [-0.15, -0.1) is 0 Å². The molecule has 0 radical (unpaired) electrons. The molecule has 3 rings (SSSR count). The van der Waals surface area contributed by atoms with Crippen LogP contribution in [0.1, 0.15) is 15.9 Å². The standard InChI is InChI=1S/C20H21BrN2O2/c1-22(2)12-11-14-13-23(19-15(14)8-6-10-18(19)25-3)20(24)16-7-4-5-9-17(16)21/h4-10,13H,11-12H2,1-3H3. The van der Waals surface area contributed by atoms with E-state index in [4.69, 9.17) is 4.74 Å². The normalized spacial score (nSPS) is 11.2. The molecule has 0 atom stereocenters. The van der Waals surface area contributed by atoms with Crippen molar-refractivity contribution in [2.24, 2.45) is 0 Å². The third-order valence-corrected chi connectivity index (χ3v) is 4.93. The first-order chi connectivity index (χ1) is 12.0. The molecule has 25 heavy (non-hydrogen) atoms. The number of hydrogen-bond acceptors (Lipinski definition) is 3. The number of ether oxygens (including phenoxy) is 1. The predicted octanol–water partition coefficient (Wildman–Crippen LogP) is 4.21. The highest BCUT2D eigenvalue weighted by atomic mass is 79.9. The molecule has 2 aromatic carbocycles. The summed E-state index contributed by atoms with van der Waals surface area (Å²) < 4.78 is 8.02. The van der Waals surface area contributed by atoms with Crippen LogP contribution >= 0.6 is 15.9 Å². The molecule has 1 heterocycles. The Morgan fingerprint density at radius 1 is 1.16 bits per heavy atom. The van der Waals surface area contributed by atoms with Gasteiger partial charge in [-0.3, -0.25) is 9.36 Å². The summed E-state index contributed by atoms with van der Waals surface area (Å²) in [5.74, 6) is 0.632. The third-order valence-electron chi connectivity index (χ3n) is 4.24. The van der Waals surface area contributed by atoms with Gasteiger partial charge < -0.3 is 9.64 Å². The number of aromatic nitrogens is 1. The molecule has 0 bridgehead atoms. The molecule has 0 saturated carbocycles. The van der Waals surface area contributed by atoms with Gasteiger partial charge >= 0.3 is 0 Å². The van der Waals surface area contributed by atoms with Crippen LogP contribution in [-0.4, -0.2) is 43.1 Å². The number of nitrogens with zero attached hydrogens (tertiary/aromatic N) is 2. The minimum Gasteiger partial charge on any atom is -0.495 e. The van der Waals surface area contributed by atoms with Crippen molar-refractivity contribution in [1.29, 1.82) is 0 Å². The molecule has 3 aromatic rings. The zero-order chi connectivity index (χ0) is 18.0. The molecule has 0 aliphatic heterocycles.